The molecule has 6 nitrogen and oxygen atoms in total. The lowest BCUT2D eigenvalue weighted by Gasteiger charge is -2.10. The minimum Gasteiger partial charge on any atom is -0.452 e. The molecule has 6 heteroatoms. The summed E-state index contributed by atoms with van der Waals surface area (Å²) in [5.74, 6) is -1.37. The van der Waals surface area contributed by atoms with E-state index in [1.165, 1.54) is 0 Å². The molecule has 0 heterocycles. The van der Waals surface area contributed by atoms with E-state index in [0.29, 0.717) is 12.1 Å². The van der Waals surface area contributed by atoms with Gasteiger partial charge in [0.05, 0.1) is 5.56 Å². The maximum Gasteiger partial charge on any atom is 0.338 e. The molecule has 1 amide bonds. The van der Waals surface area contributed by atoms with Crippen LogP contribution in [0.25, 0.3) is 11.1 Å². The van der Waals surface area contributed by atoms with Gasteiger partial charge in [-0.1, -0.05) is 24.3 Å². The topological polar surface area (TPSA) is 112 Å². The second-order valence-corrected chi connectivity index (χ2v) is 4.86. The molecular formula is C17H16N2O4. The zero-order valence-corrected chi connectivity index (χ0v) is 12.3. The summed E-state index contributed by atoms with van der Waals surface area (Å²) in [5.41, 5.74) is 13.8. The van der Waals surface area contributed by atoms with Crippen LogP contribution in [-0.4, -0.2) is 24.8 Å². The fraction of sp³-hybridized carbons (Fsp3) is 0.118. The average Bonchev–Trinajstić information content (AvgIpc) is 2.59. The minimum absolute atomic E-state index is 0.281. The molecule has 0 unspecified atom stereocenters. The van der Waals surface area contributed by atoms with E-state index in [1.54, 1.807) is 42.5 Å². The van der Waals surface area contributed by atoms with Gasteiger partial charge < -0.3 is 16.2 Å². The smallest absolute Gasteiger partial charge is 0.338 e. The van der Waals surface area contributed by atoms with Crippen LogP contribution in [0.1, 0.15) is 26.3 Å². The van der Waals surface area contributed by atoms with Crippen molar-refractivity contribution in [1.29, 1.82) is 0 Å². The van der Waals surface area contributed by atoms with E-state index in [-0.39, 0.29) is 5.56 Å². The van der Waals surface area contributed by atoms with E-state index in [9.17, 15) is 14.4 Å². The first-order valence-electron chi connectivity index (χ1n) is 6.89. The average molecular weight is 312 g/mol. The van der Waals surface area contributed by atoms with Crippen LogP contribution >= 0.6 is 0 Å². The predicted octanol–water partition coefficient (Wildman–Crippen LogP) is 1.27. The van der Waals surface area contributed by atoms with Gasteiger partial charge in [0.15, 0.2) is 6.61 Å². The van der Waals surface area contributed by atoms with E-state index in [2.05, 4.69) is 0 Å². The van der Waals surface area contributed by atoms with Crippen LogP contribution in [0.4, 0.5) is 0 Å². The molecule has 0 saturated heterocycles. The molecule has 0 aliphatic carbocycles. The molecule has 2 rings (SSSR count). The van der Waals surface area contributed by atoms with Crippen LogP contribution in [0.5, 0.6) is 0 Å². The molecule has 2 aromatic rings. The highest BCUT2D eigenvalue weighted by Gasteiger charge is 2.12. The SMILES string of the molecule is NCc1ccc(C=O)cc1-c1cccc(C(=O)OCC(N)=O)c1. The van der Waals surface area contributed by atoms with Gasteiger partial charge in [-0.2, -0.15) is 0 Å². The van der Waals surface area contributed by atoms with Crippen molar-refractivity contribution in [2.45, 2.75) is 6.54 Å². The first kappa shape index (κ1) is 16.4. The maximum absolute atomic E-state index is 11.9. The van der Waals surface area contributed by atoms with Gasteiger partial charge in [0, 0.05) is 12.1 Å². The number of hydrogen-bond acceptors (Lipinski definition) is 5. The first-order chi connectivity index (χ1) is 11.0. The highest BCUT2D eigenvalue weighted by atomic mass is 16.5. The normalized spacial score (nSPS) is 10.1. The Morgan fingerprint density at radius 1 is 1.13 bits per heavy atom. The number of nitrogens with two attached hydrogens (primary N) is 2. The van der Waals surface area contributed by atoms with Gasteiger partial charge in [0.25, 0.3) is 5.91 Å². The van der Waals surface area contributed by atoms with Gasteiger partial charge in [-0.25, -0.2) is 4.79 Å². The standard InChI is InChI=1S/C17H16N2O4/c18-8-14-5-4-11(9-20)6-15(14)12-2-1-3-13(7-12)17(22)23-10-16(19)21/h1-7,9H,8,10,18H2,(H2,19,21). The third kappa shape index (κ3) is 4.02. The first-order valence-corrected chi connectivity index (χ1v) is 6.89. The minimum atomic E-state index is -0.724. The summed E-state index contributed by atoms with van der Waals surface area (Å²) in [6.07, 6.45) is 0.745. The Morgan fingerprint density at radius 3 is 2.57 bits per heavy atom. The molecule has 0 atom stereocenters. The number of esters is 1. The van der Waals surface area contributed by atoms with Gasteiger partial charge in [-0.3, -0.25) is 9.59 Å². The Kier molecular flexibility index (Phi) is 5.22. The Bertz CT molecular complexity index is 756. The van der Waals surface area contributed by atoms with Gasteiger partial charge in [-0.15, -0.1) is 0 Å². The number of amides is 1. The summed E-state index contributed by atoms with van der Waals surface area (Å²) in [4.78, 5) is 33.5. The van der Waals surface area contributed by atoms with Gasteiger partial charge in [0.2, 0.25) is 0 Å². The Labute approximate surface area is 133 Å². The zero-order chi connectivity index (χ0) is 16.8. The highest BCUT2D eigenvalue weighted by molar-refractivity contribution is 5.93. The summed E-state index contributed by atoms with van der Waals surface area (Å²) in [7, 11) is 0. The van der Waals surface area contributed by atoms with Crippen molar-refractivity contribution in [3.63, 3.8) is 0 Å². The number of hydrogen-bond donors (Lipinski definition) is 2. The fourth-order valence-corrected chi connectivity index (χ4v) is 2.15. The van der Waals surface area contributed by atoms with Gasteiger partial charge in [-0.05, 0) is 34.9 Å². The Morgan fingerprint density at radius 2 is 1.91 bits per heavy atom. The van der Waals surface area contributed by atoms with Crippen molar-refractivity contribution in [1.82, 2.24) is 0 Å². The van der Waals surface area contributed by atoms with Crippen LogP contribution in [0, 0.1) is 0 Å². The maximum atomic E-state index is 11.9. The molecule has 2 aromatic carbocycles. The van der Waals surface area contributed by atoms with Crippen LogP contribution in [0.2, 0.25) is 0 Å². The predicted molar refractivity (Wildman–Crippen MR) is 84.6 cm³/mol. The largest absolute Gasteiger partial charge is 0.452 e. The third-order valence-corrected chi connectivity index (χ3v) is 3.24. The number of benzene rings is 2. The van der Waals surface area contributed by atoms with E-state index in [1.807, 2.05) is 0 Å². The van der Waals surface area contributed by atoms with Crippen molar-refractivity contribution in [3.05, 3.63) is 59.2 Å². The van der Waals surface area contributed by atoms with Crippen molar-refractivity contribution in [2.24, 2.45) is 11.5 Å². The highest BCUT2D eigenvalue weighted by Crippen LogP contribution is 2.25. The van der Waals surface area contributed by atoms with E-state index < -0.39 is 18.5 Å². The Balaban J connectivity index is 2.38. The van der Waals surface area contributed by atoms with Crippen LogP contribution in [-0.2, 0) is 16.1 Å². The summed E-state index contributed by atoms with van der Waals surface area (Å²) >= 11 is 0. The van der Waals surface area contributed by atoms with Crippen molar-refractivity contribution in [2.75, 3.05) is 6.61 Å². The number of rotatable bonds is 6. The third-order valence-electron chi connectivity index (χ3n) is 3.24. The van der Waals surface area contributed by atoms with Crippen LogP contribution in [0.15, 0.2) is 42.5 Å². The van der Waals surface area contributed by atoms with Crippen LogP contribution < -0.4 is 11.5 Å². The lowest BCUT2D eigenvalue weighted by molar-refractivity contribution is -0.121. The molecule has 0 bridgehead atoms. The molecule has 0 spiro atoms. The molecule has 0 aromatic heterocycles. The summed E-state index contributed by atoms with van der Waals surface area (Å²) in [6.45, 7) is -0.178. The second-order valence-electron chi connectivity index (χ2n) is 4.86. The number of aldehydes is 1. The number of ether oxygens (including phenoxy) is 1. The van der Waals surface area contributed by atoms with E-state index >= 15 is 0 Å². The lowest BCUT2D eigenvalue weighted by Crippen LogP contribution is -2.20. The summed E-state index contributed by atoms with van der Waals surface area (Å²) in [5, 5.41) is 0. The second kappa shape index (κ2) is 7.33. The molecule has 0 fully saturated rings. The van der Waals surface area contributed by atoms with E-state index in [0.717, 1.165) is 23.0 Å². The molecule has 23 heavy (non-hydrogen) atoms. The van der Waals surface area contributed by atoms with E-state index in [4.69, 9.17) is 16.2 Å². The van der Waals surface area contributed by atoms with Crippen LogP contribution in [0.3, 0.4) is 0 Å². The number of primary amides is 1. The number of carbonyl (C=O) groups excluding carboxylic acids is 3. The molecule has 0 radical (unpaired) electrons. The molecule has 118 valence electrons. The molecule has 4 N–H and O–H groups in total. The molecule has 0 saturated carbocycles. The Hall–Kier alpha value is -2.99. The summed E-state index contributed by atoms with van der Waals surface area (Å²) < 4.78 is 4.79. The van der Waals surface area contributed by atoms with Gasteiger partial charge in [0.1, 0.15) is 6.29 Å². The zero-order valence-electron chi connectivity index (χ0n) is 12.3. The monoisotopic (exact) mass is 312 g/mol. The van der Waals surface area contributed by atoms with Crippen molar-refractivity contribution < 1.29 is 19.1 Å². The van der Waals surface area contributed by atoms with Crippen molar-refractivity contribution >= 4 is 18.2 Å². The molecule has 0 aliphatic heterocycles. The van der Waals surface area contributed by atoms with Gasteiger partial charge >= 0.3 is 5.97 Å². The number of carbonyl (C=O) groups is 3. The van der Waals surface area contributed by atoms with Crippen molar-refractivity contribution in [3.8, 4) is 11.1 Å². The fourth-order valence-electron chi connectivity index (χ4n) is 2.15. The quantitative estimate of drug-likeness (QED) is 0.616. The summed E-state index contributed by atoms with van der Waals surface area (Å²) in [6, 6.07) is 11.8. The molecular weight excluding hydrogens is 296 g/mol. The lowest BCUT2D eigenvalue weighted by atomic mass is 9.96. The molecule has 0 aliphatic rings.